The largest absolute Gasteiger partial charge is 0.497 e. The molecule has 0 radical (unpaired) electrons. The van der Waals surface area contributed by atoms with Crippen molar-refractivity contribution in [3.8, 4) is 11.5 Å². The van der Waals surface area contributed by atoms with E-state index in [2.05, 4.69) is 0 Å². The molecule has 0 atom stereocenters. The molecule has 0 bridgehead atoms. The van der Waals surface area contributed by atoms with Crippen LogP contribution in [0.1, 0.15) is 62.3 Å². The van der Waals surface area contributed by atoms with E-state index in [1.54, 1.807) is 39.0 Å². The van der Waals surface area contributed by atoms with Crippen molar-refractivity contribution < 1.29 is 33.5 Å². The Morgan fingerprint density at radius 3 is 1.56 bits per heavy atom. The minimum Gasteiger partial charge on any atom is -0.497 e. The maximum atomic E-state index is 11.8. The van der Waals surface area contributed by atoms with E-state index in [-0.39, 0.29) is 17.0 Å². The van der Waals surface area contributed by atoms with Crippen molar-refractivity contribution in [1.82, 2.24) is 0 Å². The minimum absolute atomic E-state index is 0.0935. The number of nitrogen functional groups attached to an aromatic ring is 1. The van der Waals surface area contributed by atoms with Gasteiger partial charge >= 0.3 is 11.9 Å². The van der Waals surface area contributed by atoms with Crippen molar-refractivity contribution in [2.75, 3.05) is 20.0 Å². The molecular formula is C24H32N2O8. The third-order valence-electron chi connectivity index (χ3n) is 3.77. The van der Waals surface area contributed by atoms with Crippen molar-refractivity contribution in [3.05, 3.63) is 57.6 Å². The summed E-state index contributed by atoms with van der Waals surface area (Å²) in [5.74, 6) is -0.242. The van der Waals surface area contributed by atoms with Gasteiger partial charge in [0, 0.05) is 17.8 Å². The van der Waals surface area contributed by atoms with E-state index in [0.717, 1.165) is 6.07 Å². The lowest BCUT2D eigenvalue weighted by Gasteiger charge is -2.19. The normalized spacial score (nSPS) is 10.9. The van der Waals surface area contributed by atoms with Gasteiger partial charge in [0.15, 0.2) is 0 Å². The van der Waals surface area contributed by atoms with Gasteiger partial charge in [-0.25, -0.2) is 9.59 Å². The number of esters is 2. The Morgan fingerprint density at radius 2 is 1.18 bits per heavy atom. The lowest BCUT2D eigenvalue weighted by Crippen LogP contribution is -2.24. The summed E-state index contributed by atoms with van der Waals surface area (Å²) in [7, 11) is 2.89. The Bertz CT molecular complexity index is 1040. The fourth-order valence-electron chi connectivity index (χ4n) is 2.46. The van der Waals surface area contributed by atoms with Gasteiger partial charge in [-0.05, 0) is 59.7 Å². The van der Waals surface area contributed by atoms with Crippen LogP contribution in [0.2, 0.25) is 0 Å². The quantitative estimate of drug-likeness (QED) is 0.279. The molecule has 0 aliphatic rings. The van der Waals surface area contributed by atoms with E-state index >= 15 is 0 Å². The SMILES string of the molecule is COc1cc(C(=O)OC(C)(C)C)cc([N+](=O)[O-])c1.COc1cc(N)cc(C(=O)OC(C)(C)C)c1. The predicted molar refractivity (Wildman–Crippen MR) is 127 cm³/mol. The predicted octanol–water partition coefficient (Wildman–Crippen LogP) is 4.79. The van der Waals surface area contributed by atoms with Gasteiger partial charge in [-0.2, -0.15) is 0 Å². The number of carbonyl (C=O) groups is 2. The van der Waals surface area contributed by atoms with Crippen molar-refractivity contribution in [1.29, 1.82) is 0 Å². The topological polar surface area (TPSA) is 140 Å². The molecule has 0 amide bonds. The molecule has 2 N–H and O–H groups in total. The Balaban J connectivity index is 0.000000342. The summed E-state index contributed by atoms with van der Waals surface area (Å²) in [4.78, 5) is 33.7. The second-order valence-corrected chi connectivity index (χ2v) is 9.18. The molecule has 2 aromatic carbocycles. The average molecular weight is 477 g/mol. The van der Waals surface area contributed by atoms with E-state index in [1.165, 1.54) is 26.4 Å². The maximum Gasteiger partial charge on any atom is 0.339 e. The van der Waals surface area contributed by atoms with Gasteiger partial charge in [-0.15, -0.1) is 0 Å². The van der Waals surface area contributed by atoms with Crippen molar-refractivity contribution in [3.63, 3.8) is 0 Å². The molecule has 10 nitrogen and oxygen atoms in total. The van der Waals surface area contributed by atoms with Crippen LogP contribution in [0.25, 0.3) is 0 Å². The number of anilines is 1. The molecule has 0 fully saturated rings. The van der Waals surface area contributed by atoms with Gasteiger partial charge in [0.2, 0.25) is 0 Å². The van der Waals surface area contributed by atoms with Crippen molar-refractivity contribution >= 4 is 23.3 Å². The monoisotopic (exact) mass is 476 g/mol. The van der Waals surface area contributed by atoms with Crippen LogP contribution in [0.4, 0.5) is 11.4 Å². The number of hydrogen-bond acceptors (Lipinski definition) is 9. The summed E-state index contributed by atoms with van der Waals surface area (Å²) >= 11 is 0. The van der Waals surface area contributed by atoms with Crippen LogP contribution in [-0.2, 0) is 9.47 Å². The number of nitrogens with zero attached hydrogens (tertiary/aromatic N) is 1. The van der Waals surface area contributed by atoms with Crippen LogP contribution in [0.5, 0.6) is 11.5 Å². The number of nitro benzene ring substituents is 1. The van der Waals surface area contributed by atoms with Crippen LogP contribution >= 0.6 is 0 Å². The van der Waals surface area contributed by atoms with Gasteiger partial charge in [0.1, 0.15) is 22.7 Å². The molecule has 2 aromatic rings. The lowest BCUT2D eigenvalue weighted by molar-refractivity contribution is -0.385. The highest BCUT2D eigenvalue weighted by Crippen LogP contribution is 2.24. The van der Waals surface area contributed by atoms with Gasteiger partial charge in [-0.3, -0.25) is 10.1 Å². The minimum atomic E-state index is -0.658. The summed E-state index contributed by atoms with van der Waals surface area (Å²) in [6.07, 6.45) is 0. The third-order valence-corrected chi connectivity index (χ3v) is 3.77. The van der Waals surface area contributed by atoms with Gasteiger partial charge in [-0.1, -0.05) is 0 Å². The van der Waals surface area contributed by atoms with E-state index < -0.39 is 28.1 Å². The van der Waals surface area contributed by atoms with Gasteiger partial charge in [0.25, 0.3) is 5.69 Å². The number of benzene rings is 2. The van der Waals surface area contributed by atoms with Crippen LogP contribution in [0.15, 0.2) is 36.4 Å². The Kier molecular flexibility index (Phi) is 9.42. The molecule has 0 aliphatic heterocycles. The summed E-state index contributed by atoms with van der Waals surface area (Å²) < 4.78 is 20.3. The van der Waals surface area contributed by atoms with Gasteiger partial charge in [0.05, 0.1) is 36.3 Å². The molecule has 34 heavy (non-hydrogen) atoms. The summed E-state index contributed by atoms with van der Waals surface area (Å²) in [6.45, 7) is 10.6. The first-order valence-corrected chi connectivity index (χ1v) is 10.3. The number of methoxy groups -OCH3 is 2. The number of hydrogen-bond donors (Lipinski definition) is 1. The maximum absolute atomic E-state index is 11.8. The molecule has 0 aromatic heterocycles. The van der Waals surface area contributed by atoms with Crippen molar-refractivity contribution in [2.45, 2.75) is 52.7 Å². The highest BCUT2D eigenvalue weighted by atomic mass is 16.6. The van der Waals surface area contributed by atoms with Crippen molar-refractivity contribution in [2.24, 2.45) is 0 Å². The molecule has 0 heterocycles. The number of rotatable bonds is 5. The van der Waals surface area contributed by atoms with Gasteiger partial charge < -0.3 is 24.7 Å². The molecule has 0 aliphatic carbocycles. The zero-order valence-electron chi connectivity index (χ0n) is 20.8. The number of nitro groups is 1. The molecule has 2 rings (SSSR count). The molecule has 0 saturated heterocycles. The first kappa shape index (κ1) is 28.2. The first-order valence-electron chi connectivity index (χ1n) is 10.3. The third kappa shape index (κ3) is 9.76. The number of non-ortho nitro benzene ring substituents is 1. The highest BCUT2D eigenvalue weighted by molar-refractivity contribution is 5.91. The van der Waals surface area contributed by atoms with Crippen LogP contribution in [-0.4, -0.2) is 42.3 Å². The zero-order valence-corrected chi connectivity index (χ0v) is 20.8. The lowest BCUT2D eigenvalue weighted by atomic mass is 10.1. The Morgan fingerprint density at radius 1 is 0.765 bits per heavy atom. The fourth-order valence-corrected chi connectivity index (χ4v) is 2.46. The summed E-state index contributed by atoms with van der Waals surface area (Å²) in [5, 5.41) is 10.7. The second-order valence-electron chi connectivity index (χ2n) is 9.18. The molecule has 0 unspecified atom stereocenters. The zero-order chi connectivity index (χ0) is 26.3. The second kappa shape index (κ2) is 11.4. The standard InChI is InChI=1S/C12H15NO5.C12H17NO3/c1-12(2,3)18-11(14)8-5-9(13(15)16)7-10(6-8)17-4;1-12(2,3)16-11(14)8-5-9(13)7-10(6-8)15-4/h5-7H,1-4H3;5-7H,13H2,1-4H3. The van der Waals surface area contributed by atoms with E-state index in [9.17, 15) is 19.7 Å². The number of carbonyl (C=O) groups excluding carboxylic acids is 2. The van der Waals surface area contributed by atoms with E-state index in [1.807, 2.05) is 20.8 Å². The fraction of sp³-hybridized carbons (Fsp3) is 0.417. The van der Waals surface area contributed by atoms with Crippen LogP contribution < -0.4 is 15.2 Å². The number of ether oxygens (including phenoxy) is 4. The smallest absolute Gasteiger partial charge is 0.339 e. The molecular weight excluding hydrogens is 444 g/mol. The molecule has 10 heteroatoms. The Labute approximate surface area is 199 Å². The summed E-state index contributed by atoms with van der Waals surface area (Å²) in [6, 6.07) is 8.63. The van der Waals surface area contributed by atoms with E-state index in [0.29, 0.717) is 17.0 Å². The van der Waals surface area contributed by atoms with Crippen LogP contribution in [0.3, 0.4) is 0 Å². The summed E-state index contributed by atoms with van der Waals surface area (Å²) in [5.41, 5.74) is 5.22. The molecule has 186 valence electrons. The van der Waals surface area contributed by atoms with Crippen LogP contribution in [0, 0.1) is 10.1 Å². The molecule has 0 spiro atoms. The highest BCUT2D eigenvalue weighted by Gasteiger charge is 2.21. The Hall–Kier alpha value is -3.82. The average Bonchev–Trinajstić information content (AvgIpc) is 2.70. The first-order chi connectivity index (χ1) is 15.5. The number of nitrogens with two attached hydrogens (primary N) is 1. The molecule has 0 saturated carbocycles. The van der Waals surface area contributed by atoms with E-state index in [4.69, 9.17) is 24.7 Å².